The number of piperidine rings is 1. The van der Waals surface area contributed by atoms with Crippen molar-refractivity contribution in [1.29, 1.82) is 0 Å². The van der Waals surface area contributed by atoms with Crippen molar-refractivity contribution in [2.24, 2.45) is 10.8 Å². The number of hydrogen-bond donors (Lipinski definition) is 2. The molecule has 2 atom stereocenters. The summed E-state index contributed by atoms with van der Waals surface area (Å²) in [6.45, 7) is 5.96. The fourth-order valence-electron chi connectivity index (χ4n) is 8.84. The van der Waals surface area contributed by atoms with Gasteiger partial charge in [0.2, 0.25) is 0 Å². The Morgan fingerprint density at radius 2 is 1.76 bits per heavy atom. The third-order valence-corrected chi connectivity index (χ3v) is 12.1. The summed E-state index contributed by atoms with van der Waals surface area (Å²) < 4.78 is 51.3. The number of phenolic OH excluding ortho intramolecular Hbond substituents is 1. The fourth-order valence-corrected chi connectivity index (χ4v) is 8.84. The molecule has 2 saturated carbocycles. The Bertz CT molecular complexity index is 2040. The van der Waals surface area contributed by atoms with E-state index in [1.807, 2.05) is 25.1 Å². The minimum Gasteiger partial charge on any atom is -0.508 e. The number of benzene rings is 3. The largest absolute Gasteiger partial charge is 0.508 e. The van der Waals surface area contributed by atoms with Crippen molar-refractivity contribution in [2.75, 3.05) is 44.2 Å². The molecular formula is C39H40F3N5O2. The Kier molecular flexibility index (Phi) is 6.93. The molecule has 5 aliphatic rings. The van der Waals surface area contributed by atoms with Crippen LogP contribution in [0.25, 0.3) is 32.8 Å². The van der Waals surface area contributed by atoms with Gasteiger partial charge < -0.3 is 25.0 Å². The molecule has 2 N–H and O–H groups in total. The van der Waals surface area contributed by atoms with E-state index >= 15 is 4.39 Å². The van der Waals surface area contributed by atoms with Gasteiger partial charge in [-0.3, -0.25) is 0 Å². The van der Waals surface area contributed by atoms with Gasteiger partial charge in [0.05, 0.1) is 6.61 Å². The van der Waals surface area contributed by atoms with E-state index in [1.165, 1.54) is 0 Å². The number of nitrogens with one attached hydrogen (secondary N) is 1. The van der Waals surface area contributed by atoms with Crippen molar-refractivity contribution in [1.82, 2.24) is 20.2 Å². The molecule has 3 aromatic carbocycles. The highest BCUT2D eigenvalue weighted by atomic mass is 19.3. The molecule has 5 fully saturated rings. The van der Waals surface area contributed by atoms with Crippen molar-refractivity contribution < 1.29 is 23.0 Å². The van der Waals surface area contributed by atoms with Gasteiger partial charge in [0.15, 0.2) is 5.82 Å². The molecule has 7 nitrogen and oxygen atoms in total. The number of alkyl halides is 2. The number of fused-ring (bicyclic) bond motifs is 4. The third-order valence-electron chi connectivity index (χ3n) is 12.1. The zero-order valence-electron chi connectivity index (χ0n) is 27.7. The number of halogens is 3. The van der Waals surface area contributed by atoms with Crippen LogP contribution in [0, 0.1) is 35.9 Å². The number of aromatic nitrogens is 2. The molecule has 1 aromatic heterocycles. The SMILES string of the molecule is C#Cc1c(C)ccc2cc(O)cc(-c3ccc4c(N5CC6CCC(C5)N6)nc(OCC5(CN6CCC7(CC6)CC7(F)F)CC5)nc4c3F)c12. The smallest absolute Gasteiger partial charge is 0.319 e. The molecule has 49 heavy (non-hydrogen) atoms. The molecule has 9 rings (SSSR count). The molecule has 3 aliphatic heterocycles. The van der Waals surface area contributed by atoms with E-state index in [-0.39, 0.29) is 34.7 Å². The number of rotatable bonds is 7. The first-order valence-electron chi connectivity index (χ1n) is 17.5. The zero-order chi connectivity index (χ0) is 33.7. The minimum atomic E-state index is -2.50. The van der Waals surface area contributed by atoms with Gasteiger partial charge in [0.1, 0.15) is 17.1 Å². The van der Waals surface area contributed by atoms with Gasteiger partial charge in [0.25, 0.3) is 5.92 Å². The lowest BCUT2D eigenvalue weighted by Crippen LogP contribution is -2.51. The van der Waals surface area contributed by atoms with E-state index in [0.29, 0.717) is 72.3 Å². The second kappa shape index (κ2) is 11.0. The van der Waals surface area contributed by atoms with Crippen LogP contribution in [-0.2, 0) is 0 Å². The van der Waals surface area contributed by atoms with Crippen LogP contribution in [0.4, 0.5) is 19.0 Å². The molecule has 2 aliphatic carbocycles. The zero-order valence-corrected chi connectivity index (χ0v) is 27.7. The van der Waals surface area contributed by atoms with Crippen LogP contribution in [-0.4, -0.2) is 77.3 Å². The van der Waals surface area contributed by atoms with Gasteiger partial charge in [-0.15, -0.1) is 6.42 Å². The number of terminal acetylenes is 1. The Hall–Kier alpha value is -4.07. The number of aromatic hydroxyl groups is 1. The molecule has 254 valence electrons. The standard InChI is InChI=1S/C39H40F3N5O2/c1-3-28-23(2)4-5-24-16-27(48)17-31(32(24)28)29-8-9-30-34(33(29)40)44-36(45-35(30)47-18-25-6-7-26(19-47)43-25)49-22-37(10-11-37)21-46-14-12-38(13-15-46)20-39(38,41)42/h1,4-5,8-9,16-17,25-26,43,48H,6-7,10-15,18-22H2,2H3. The van der Waals surface area contributed by atoms with Gasteiger partial charge in [-0.2, -0.15) is 9.97 Å². The lowest BCUT2D eigenvalue weighted by molar-refractivity contribution is 0.0252. The number of phenols is 1. The highest BCUT2D eigenvalue weighted by molar-refractivity contribution is 6.04. The summed E-state index contributed by atoms with van der Waals surface area (Å²) in [5.74, 6) is 0.420. The van der Waals surface area contributed by atoms with Gasteiger partial charge in [-0.05, 0) is 93.3 Å². The summed E-state index contributed by atoms with van der Waals surface area (Å²) in [7, 11) is 0. The monoisotopic (exact) mass is 667 g/mol. The highest BCUT2D eigenvalue weighted by Crippen LogP contribution is 2.66. The Balaban J connectivity index is 1.07. The summed E-state index contributed by atoms with van der Waals surface area (Å²) in [5.41, 5.74) is 1.62. The molecule has 3 saturated heterocycles. The first-order valence-corrected chi connectivity index (χ1v) is 17.5. The fraction of sp³-hybridized carbons (Fsp3) is 0.487. The number of hydrogen-bond acceptors (Lipinski definition) is 7. The quantitative estimate of drug-likeness (QED) is 0.210. The molecule has 4 aromatic rings. The van der Waals surface area contributed by atoms with Gasteiger partial charge in [-0.1, -0.05) is 24.1 Å². The average molecular weight is 668 g/mol. The van der Waals surface area contributed by atoms with Crippen molar-refractivity contribution >= 4 is 27.5 Å². The summed E-state index contributed by atoms with van der Waals surface area (Å²) >= 11 is 0. The molecule has 1 spiro atoms. The number of nitrogens with zero attached hydrogens (tertiary/aromatic N) is 4. The van der Waals surface area contributed by atoms with Crippen LogP contribution in [0.1, 0.15) is 56.1 Å². The van der Waals surface area contributed by atoms with Gasteiger partial charge in [0, 0.05) is 70.9 Å². The second-order valence-corrected chi connectivity index (χ2v) is 15.4. The molecule has 2 bridgehead atoms. The summed E-state index contributed by atoms with van der Waals surface area (Å²) in [6.07, 6.45) is 11.2. The van der Waals surface area contributed by atoms with Crippen LogP contribution in [0.2, 0.25) is 0 Å². The van der Waals surface area contributed by atoms with Gasteiger partial charge >= 0.3 is 6.01 Å². The first-order chi connectivity index (χ1) is 23.6. The maximum Gasteiger partial charge on any atom is 0.319 e. The van der Waals surface area contributed by atoms with E-state index in [2.05, 4.69) is 21.0 Å². The van der Waals surface area contributed by atoms with Crippen LogP contribution >= 0.6 is 0 Å². The number of ether oxygens (including phenoxy) is 1. The highest BCUT2D eigenvalue weighted by Gasteiger charge is 2.70. The third kappa shape index (κ3) is 5.20. The van der Waals surface area contributed by atoms with Crippen molar-refractivity contribution in [2.45, 2.75) is 69.9 Å². The molecule has 10 heteroatoms. The average Bonchev–Trinajstić information content (AvgIpc) is 3.93. The first kappa shape index (κ1) is 30.9. The van der Waals surface area contributed by atoms with Crippen LogP contribution in [0.15, 0.2) is 36.4 Å². The van der Waals surface area contributed by atoms with Crippen molar-refractivity contribution in [3.8, 4) is 35.2 Å². The van der Waals surface area contributed by atoms with E-state index in [0.717, 1.165) is 56.3 Å². The Morgan fingerprint density at radius 3 is 2.43 bits per heavy atom. The Labute approximate surface area is 283 Å². The van der Waals surface area contributed by atoms with E-state index in [4.69, 9.17) is 21.1 Å². The van der Waals surface area contributed by atoms with Crippen LogP contribution in [0.3, 0.4) is 0 Å². The second-order valence-electron chi connectivity index (χ2n) is 15.4. The van der Waals surface area contributed by atoms with Crippen LogP contribution < -0.4 is 15.0 Å². The summed E-state index contributed by atoms with van der Waals surface area (Å²) in [6, 6.07) is 11.4. The van der Waals surface area contributed by atoms with Crippen LogP contribution in [0.5, 0.6) is 11.8 Å². The number of aryl methyl sites for hydroxylation is 1. The topological polar surface area (TPSA) is 73.8 Å². The van der Waals surface area contributed by atoms with Crippen molar-refractivity contribution in [3.63, 3.8) is 0 Å². The lowest BCUT2D eigenvalue weighted by atomic mass is 9.91. The minimum absolute atomic E-state index is 0.0157. The predicted octanol–water partition coefficient (Wildman–Crippen LogP) is 6.81. The summed E-state index contributed by atoms with van der Waals surface area (Å²) in [5, 5.41) is 16.4. The maximum atomic E-state index is 17.0. The molecule has 0 radical (unpaired) electrons. The molecule has 4 heterocycles. The normalized spacial score (nSPS) is 24.8. The van der Waals surface area contributed by atoms with E-state index in [9.17, 15) is 13.9 Å². The number of likely N-dealkylation sites (tertiary alicyclic amines) is 1. The van der Waals surface area contributed by atoms with E-state index in [1.54, 1.807) is 18.2 Å². The lowest BCUT2D eigenvalue weighted by Gasteiger charge is -2.35. The molecule has 0 amide bonds. The van der Waals surface area contributed by atoms with Crippen molar-refractivity contribution in [3.05, 3.63) is 53.3 Å². The summed E-state index contributed by atoms with van der Waals surface area (Å²) in [4.78, 5) is 14.2. The maximum absolute atomic E-state index is 17.0. The number of piperazine rings is 1. The molecular weight excluding hydrogens is 627 g/mol. The van der Waals surface area contributed by atoms with Gasteiger partial charge in [-0.25, -0.2) is 13.2 Å². The number of anilines is 1. The Morgan fingerprint density at radius 1 is 1.02 bits per heavy atom. The predicted molar refractivity (Wildman–Crippen MR) is 184 cm³/mol. The molecule has 2 unspecified atom stereocenters. The van der Waals surface area contributed by atoms with E-state index < -0.39 is 17.2 Å².